The van der Waals surface area contributed by atoms with Gasteiger partial charge in [0.2, 0.25) is 0 Å². The third kappa shape index (κ3) is 4.94. The van der Waals surface area contributed by atoms with Crippen LogP contribution < -0.4 is 0 Å². The van der Waals surface area contributed by atoms with Crippen LogP contribution in [0, 0.1) is 5.92 Å². The predicted molar refractivity (Wildman–Crippen MR) is 138 cm³/mol. The van der Waals surface area contributed by atoms with Gasteiger partial charge in [0.15, 0.2) is 0 Å². The van der Waals surface area contributed by atoms with E-state index >= 15 is 0 Å². The Bertz CT molecular complexity index is 1220. The van der Waals surface area contributed by atoms with E-state index in [1.165, 1.54) is 30.5 Å². The molecule has 3 aliphatic rings. The van der Waals surface area contributed by atoms with E-state index in [1.54, 1.807) is 0 Å². The highest BCUT2D eigenvalue weighted by atomic mass is 16.5. The van der Waals surface area contributed by atoms with Gasteiger partial charge in [-0.3, -0.25) is 19.3 Å². The minimum atomic E-state index is 0.124. The topological polar surface area (TPSA) is 76.4 Å². The maximum atomic E-state index is 13.1. The fourth-order valence-corrected chi connectivity index (χ4v) is 5.91. The maximum absolute atomic E-state index is 13.1. The lowest BCUT2D eigenvalue weighted by atomic mass is 9.89. The van der Waals surface area contributed by atoms with E-state index < -0.39 is 0 Å². The summed E-state index contributed by atoms with van der Waals surface area (Å²) in [7, 11) is 2.03. The lowest BCUT2D eigenvalue weighted by molar-refractivity contribution is -0.125. The van der Waals surface area contributed by atoms with E-state index in [0.29, 0.717) is 18.2 Å². The molecule has 5 heterocycles. The molecule has 6 rings (SSSR count). The lowest BCUT2D eigenvalue weighted by Crippen LogP contribution is -2.52. The first kappa shape index (κ1) is 23.7. The number of carbonyl (C=O) groups excluding carboxylic acids is 1. The number of hydrogen-bond donors (Lipinski definition) is 0. The number of carbonyl (C=O) groups is 1. The highest BCUT2D eigenvalue weighted by Crippen LogP contribution is 2.29. The molecule has 0 spiro atoms. The molecule has 0 atom stereocenters. The van der Waals surface area contributed by atoms with Crippen molar-refractivity contribution in [3.05, 3.63) is 41.9 Å². The quantitative estimate of drug-likeness (QED) is 0.505. The zero-order chi connectivity index (χ0) is 24.5. The number of aryl methyl sites for hydroxylation is 1. The number of aromatic nitrogens is 4. The summed E-state index contributed by atoms with van der Waals surface area (Å²) >= 11 is 0. The Morgan fingerprint density at radius 3 is 2.58 bits per heavy atom. The van der Waals surface area contributed by atoms with Gasteiger partial charge in [-0.2, -0.15) is 15.3 Å². The number of Topliss-reactive ketones (excluding diaryl/α,β-unsaturated/α-hetero) is 1. The summed E-state index contributed by atoms with van der Waals surface area (Å²) in [5.74, 6) is 0.416. The summed E-state index contributed by atoms with van der Waals surface area (Å²) in [6.07, 6.45) is 8.08. The third-order valence-corrected chi connectivity index (χ3v) is 8.31. The van der Waals surface area contributed by atoms with Crippen molar-refractivity contribution >= 4 is 16.7 Å². The number of likely N-dealkylation sites (tertiary alicyclic amines) is 2. The molecule has 3 aromatic rings. The summed E-state index contributed by atoms with van der Waals surface area (Å²) in [5, 5.41) is 14.4. The van der Waals surface area contributed by atoms with E-state index in [0.717, 1.165) is 80.9 Å². The van der Waals surface area contributed by atoms with Crippen molar-refractivity contribution in [1.82, 2.24) is 29.8 Å². The fraction of sp³-hybridized carbons (Fsp3) is 0.571. The van der Waals surface area contributed by atoms with Gasteiger partial charge in [-0.25, -0.2) is 0 Å². The minimum absolute atomic E-state index is 0.124. The zero-order valence-corrected chi connectivity index (χ0v) is 21.2. The van der Waals surface area contributed by atoms with Gasteiger partial charge in [-0.15, -0.1) is 0 Å². The van der Waals surface area contributed by atoms with Gasteiger partial charge in [-0.1, -0.05) is 12.5 Å². The Hall–Kier alpha value is -2.68. The Balaban J connectivity index is 1.16. The van der Waals surface area contributed by atoms with Crippen molar-refractivity contribution in [3.63, 3.8) is 0 Å². The SMILES string of the molecule is Cn1ncc(-c2ccc3nnc(CC(=O)C4CCN(C5COC5)CC4)cc3c2)c1CN1CCCCC1. The Morgan fingerprint density at radius 2 is 1.83 bits per heavy atom. The first-order valence-corrected chi connectivity index (χ1v) is 13.5. The van der Waals surface area contributed by atoms with Crippen LogP contribution in [0.5, 0.6) is 0 Å². The summed E-state index contributed by atoms with van der Waals surface area (Å²) in [6.45, 7) is 6.89. The number of ether oxygens (including phenoxy) is 1. The predicted octanol–water partition coefficient (Wildman–Crippen LogP) is 3.24. The van der Waals surface area contributed by atoms with Crippen molar-refractivity contribution in [2.45, 2.75) is 51.1 Å². The molecule has 3 aliphatic heterocycles. The summed E-state index contributed by atoms with van der Waals surface area (Å²) in [6, 6.07) is 8.92. The number of benzene rings is 1. The molecule has 190 valence electrons. The summed E-state index contributed by atoms with van der Waals surface area (Å²) in [5.41, 5.74) is 5.17. The van der Waals surface area contributed by atoms with Crippen molar-refractivity contribution in [1.29, 1.82) is 0 Å². The van der Waals surface area contributed by atoms with Crippen molar-refractivity contribution in [2.75, 3.05) is 39.4 Å². The highest BCUT2D eigenvalue weighted by molar-refractivity contribution is 5.87. The Kier molecular flexibility index (Phi) is 6.82. The van der Waals surface area contributed by atoms with Gasteiger partial charge < -0.3 is 4.74 Å². The molecule has 0 amide bonds. The van der Waals surface area contributed by atoms with Crippen molar-refractivity contribution in [2.24, 2.45) is 13.0 Å². The summed E-state index contributed by atoms with van der Waals surface area (Å²) in [4.78, 5) is 18.1. The Labute approximate surface area is 212 Å². The van der Waals surface area contributed by atoms with Crippen LogP contribution >= 0.6 is 0 Å². The van der Waals surface area contributed by atoms with Crippen LogP contribution in [0.15, 0.2) is 30.5 Å². The second-order valence-electron chi connectivity index (χ2n) is 10.7. The van der Waals surface area contributed by atoms with Crippen LogP contribution in [0.3, 0.4) is 0 Å². The smallest absolute Gasteiger partial charge is 0.142 e. The number of hydrogen-bond acceptors (Lipinski definition) is 7. The molecule has 0 unspecified atom stereocenters. The van der Waals surface area contributed by atoms with Crippen LogP contribution in [0.4, 0.5) is 0 Å². The summed E-state index contributed by atoms with van der Waals surface area (Å²) < 4.78 is 7.33. The van der Waals surface area contributed by atoms with E-state index in [-0.39, 0.29) is 5.92 Å². The van der Waals surface area contributed by atoms with Crippen LogP contribution in [0.2, 0.25) is 0 Å². The lowest BCUT2D eigenvalue weighted by Gasteiger charge is -2.41. The second kappa shape index (κ2) is 10.4. The second-order valence-corrected chi connectivity index (χ2v) is 10.7. The molecule has 8 heteroatoms. The molecule has 3 saturated heterocycles. The van der Waals surface area contributed by atoms with E-state index in [9.17, 15) is 4.79 Å². The molecule has 1 aromatic carbocycles. The van der Waals surface area contributed by atoms with E-state index in [1.807, 2.05) is 30.1 Å². The molecule has 0 aliphatic carbocycles. The molecule has 0 bridgehead atoms. The van der Waals surface area contributed by atoms with Gasteiger partial charge in [0.25, 0.3) is 0 Å². The Morgan fingerprint density at radius 1 is 1.03 bits per heavy atom. The normalized spacial score (nSPS) is 20.6. The van der Waals surface area contributed by atoms with Gasteiger partial charge in [0.05, 0.1) is 48.8 Å². The molecule has 0 radical (unpaired) electrons. The number of piperidine rings is 2. The van der Waals surface area contributed by atoms with Crippen LogP contribution in [0.25, 0.3) is 22.0 Å². The van der Waals surface area contributed by atoms with E-state index in [4.69, 9.17) is 4.74 Å². The first-order chi connectivity index (χ1) is 17.6. The van der Waals surface area contributed by atoms with Gasteiger partial charge in [0.1, 0.15) is 5.78 Å². The number of nitrogens with zero attached hydrogens (tertiary/aromatic N) is 6. The standard InChI is InChI=1S/C28H36N6O2/c1-32-27(17-33-9-3-2-4-10-33)25(16-29-32)21-5-6-26-22(13-21)14-23(30-31-26)15-28(35)20-7-11-34(12-8-20)24-18-36-19-24/h5-6,13-14,16,20,24H,2-4,7-12,15,17-19H2,1H3. The average Bonchev–Trinajstić information content (AvgIpc) is 3.23. The third-order valence-electron chi connectivity index (χ3n) is 8.31. The molecule has 36 heavy (non-hydrogen) atoms. The molecule has 0 saturated carbocycles. The highest BCUT2D eigenvalue weighted by Gasteiger charge is 2.32. The largest absolute Gasteiger partial charge is 0.378 e. The molecular formula is C28H36N6O2. The number of fused-ring (bicyclic) bond motifs is 1. The molecule has 2 aromatic heterocycles. The molecule has 3 fully saturated rings. The maximum Gasteiger partial charge on any atom is 0.142 e. The van der Waals surface area contributed by atoms with Crippen molar-refractivity contribution < 1.29 is 9.53 Å². The van der Waals surface area contributed by atoms with Crippen molar-refractivity contribution in [3.8, 4) is 11.1 Å². The van der Waals surface area contributed by atoms with Crippen LogP contribution in [-0.2, 0) is 29.5 Å². The molecule has 0 N–H and O–H groups in total. The molecular weight excluding hydrogens is 452 g/mol. The van der Waals surface area contributed by atoms with Gasteiger partial charge in [0, 0.05) is 30.5 Å². The monoisotopic (exact) mass is 488 g/mol. The van der Waals surface area contributed by atoms with Gasteiger partial charge >= 0.3 is 0 Å². The zero-order valence-electron chi connectivity index (χ0n) is 21.2. The minimum Gasteiger partial charge on any atom is -0.378 e. The van der Waals surface area contributed by atoms with Gasteiger partial charge in [-0.05, 0) is 75.6 Å². The first-order valence-electron chi connectivity index (χ1n) is 13.5. The van der Waals surface area contributed by atoms with Crippen LogP contribution in [-0.4, -0.2) is 81.0 Å². The molecule has 8 nitrogen and oxygen atoms in total. The van der Waals surface area contributed by atoms with Crippen LogP contribution in [0.1, 0.15) is 43.5 Å². The fourth-order valence-electron chi connectivity index (χ4n) is 5.91. The van der Waals surface area contributed by atoms with E-state index in [2.05, 4.69) is 37.2 Å². The average molecular weight is 489 g/mol. The number of ketones is 1. The number of rotatable bonds is 7.